The van der Waals surface area contributed by atoms with Gasteiger partial charge in [0.2, 0.25) is 0 Å². The molecule has 2 rings (SSSR count). The van der Waals surface area contributed by atoms with Crippen LogP contribution in [0.4, 0.5) is 4.39 Å². The van der Waals surface area contributed by atoms with Crippen LogP contribution in [0.25, 0.3) is 0 Å². The Kier molecular flexibility index (Phi) is 3.91. The number of benzene rings is 1. The molecule has 0 amide bonds. The summed E-state index contributed by atoms with van der Waals surface area (Å²) in [5.41, 5.74) is 1.50. The van der Waals surface area contributed by atoms with Gasteiger partial charge in [0.05, 0.1) is 6.61 Å². The fourth-order valence-electron chi connectivity index (χ4n) is 2.25. The molecule has 1 atom stereocenters. The molecular formula is C13H18FNO. The number of piperidine rings is 1. The zero-order valence-corrected chi connectivity index (χ0v) is 9.38. The maximum absolute atomic E-state index is 13.6. The number of rotatable bonds is 3. The summed E-state index contributed by atoms with van der Waals surface area (Å²) in [7, 11) is 0. The van der Waals surface area contributed by atoms with Crippen molar-refractivity contribution in [2.75, 3.05) is 6.54 Å². The lowest BCUT2D eigenvalue weighted by Crippen LogP contribution is -2.35. The molecule has 1 aromatic carbocycles. The molecule has 0 aromatic heterocycles. The van der Waals surface area contributed by atoms with Gasteiger partial charge >= 0.3 is 0 Å². The van der Waals surface area contributed by atoms with E-state index in [4.69, 9.17) is 5.11 Å². The summed E-state index contributed by atoms with van der Waals surface area (Å²) < 4.78 is 13.6. The van der Waals surface area contributed by atoms with E-state index in [-0.39, 0.29) is 12.4 Å². The van der Waals surface area contributed by atoms with E-state index in [0.717, 1.165) is 24.9 Å². The molecule has 1 aliphatic rings. The molecule has 1 unspecified atom stereocenters. The van der Waals surface area contributed by atoms with Crippen molar-refractivity contribution in [1.82, 2.24) is 5.32 Å². The van der Waals surface area contributed by atoms with Crippen LogP contribution in [0.15, 0.2) is 18.2 Å². The first kappa shape index (κ1) is 11.6. The first-order chi connectivity index (χ1) is 7.79. The van der Waals surface area contributed by atoms with Crippen molar-refractivity contribution in [1.29, 1.82) is 0 Å². The van der Waals surface area contributed by atoms with Gasteiger partial charge in [-0.15, -0.1) is 0 Å². The molecule has 1 saturated heterocycles. The maximum atomic E-state index is 13.6. The Labute approximate surface area is 95.5 Å². The van der Waals surface area contributed by atoms with E-state index in [1.165, 1.54) is 18.9 Å². The Morgan fingerprint density at radius 1 is 1.38 bits per heavy atom. The van der Waals surface area contributed by atoms with E-state index in [1.807, 2.05) is 0 Å². The minimum atomic E-state index is -0.162. The zero-order valence-electron chi connectivity index (χ0n) is 9.38. The lowest BCUT2D eigenvalue weighted by molar-refractivity contribution is 0.281. The molecule has 88 valence electrons. The van der Waals surface area contributed by atoms with Crippen LogP contribution in [-0.2, 0) is 13.0 Å². The zero-order chi connectivity index (χ0) is 11.4. The molecule has 0 bridgehead atoms. The summed E-state index contributed by atoms with van der Waals surface area (Å²) in [5.74, 6) is -0.162. The van der Waals surface area contributed by atoms with Crippen molar-refractivity contribution in [2.24, 2.45) is 0 Å². The van der Waals surface area contributed by atoms with E-state index in [9.17, 15) is 4.39 Å². The summed E-state index contributed by atoms with van der Waals surface area (Å²) >= 11 is 0. The summed E-state index contributed by atoms with van der Waals surface area (Å²) in [5, 5.41) is 12.4. The van der Waals surface area contributed by atoms with Crippen LogP contribution in [0.1, 0.15) is 30.4 Å². The van der Waals surface area contributed by atoms with Crippen LogP contribution in [0.3, 0.4) is 0 Å². The van der Waals surface area contributed by atoms with E-state index in [1.54, 1.807) is 12.1 Å². The topological polar surface area (TPSA) is 32.3 Å². The van der Waals surface area contributed by atoms with Crippen LogP contribution < -0.4 is 5.32 Å². The SMILES string of the molecule is OCc1ccc(F)c(CC2CCCCN2)c1. The molecule has 0 saturated carbocycles. The van der Waals surface area contributed by atoms with Gasteiger partial charge in [0.15, 0.2) is 0 Å². The third-order valence-corrected chi connectivity index (χ3v) is 3.17. The van der Waals surface area contributed by atoms with Gasteiger partial charge in [0.25, 0.3) is 0 Å². The molecule has 2 N–H and O–H groups in total. The predicted molar refractivity (Wildman–Crippen MR) is 61.7 cm³/mol. The van der Waals surface area contributed by atoms with Gasteiger partial charge in [0, 0.05) is 6.04 Å². The van der Waals surface area contributed by atoms with E-state index >= 15 is 0 Å². The van der Waals surface area contributed by atoms with Crippen molar-refractivity contribution in [3.05, 3.63) is 35.1 Å². The second kappa shape index (κ2) is 5.41. The molecule has 2 nitrogen and oxygen atoms in total. The first-order valence-corrected chi connectivity index (χ1v) is 5.91. The monoisotopic (exact) mass is 223 g/mol. The average Bonchev–Trinajstić information content (AvgIpc) is 2.33. The Bertz CT molecular complexity index is 348. The number of aliphatic hydroxyl groups is 1. The van der Waals surface area contributed by atoms with E-state index in [2.05, 4.69) is 5.32 Å². The number of hydrogen-bond acceptors (Lipinski definition) is 2. The molecule has 1 fully saturated rings. The van der Waals surface area contributed by atoms with Crippen molar-refractivity contribution < 1.29 is 9.50 Å². The maximum Gasteiger partial charge on any atom is 0.126 e. The summed E-state index contributed by atoms with van der Waals surface area (Å²) in [6.07, 6.45) is 4.27. The molecule has 1 heterocycles. The Balaban J connectivity index is 2.06. The van der Waals surface area contributed by atoms with Gasteiger partial charge in [-0.2, -0.15) is 0 Å². The van der Waals surface area contributed by atoms with Gasteiger partial charge in [-0.05, 0) is 43.0 Å². The van der Waals surface area contributed by atoms with Gasteiger partial charge in [-0.1, -0.05) is 18.6 Å². The van der Waals surface area contributed by atoms with Crippen molar-refractivity contribution in [3.8, 4) is 0 Å². The van der Waals surface area contributed by atoms with Gasteiger partial charge in [-0.25, -0.2) is 4.39 Å². The highest BCUT2D eigenvalue weighted by atomic mass is 19.1. The molecule has 0 aliphatic carbocycles. The standard InChI is InChI=1S/C13H18FNO/c14-13-5-4-10(9-16)7-11(13)8-12-3-1-2-6-15-12/h4-5,7,12,15-16H,1-3,6,8-9H2. The minimum Gasteiger partial charge on any atom is -0.392 e. The van der Waals surface area contributed by atoms with E-state index in [0.29, 0.717) is 11.6 Å². The van der Waals surface area contributed by atoms with Gasteiger partial charge in [0.1, 0.15) is 5.82 Å². The Morgan fingerprint density at radius 3 is 2.94 bits per heavy atom. The lowest BCUT2D eigenvalue weighted by Gasteiger charge is -2.23. The van der Waals surface area contributed by atoms with Crippen LogP contribution >= 0.6 is 0 Å². The second-order valence-electron chi connectivity index (χ2n) is 4.43. The summed E-state index contributed by atoms with van der Waals surface area (Å²) in [4.78, 5) is 0. The molecule has 0 radical (unpaired) electrons. The lowest BCUT2D eigenvalue weighted by atomic mass is 9.96. The Hall–Kier alpha value is -0.930. The summed E-state index contributed by atoms with van der Waals surface area (Å²) in [6.45, 7) is 1.01. The van der Waals surface area contributed by atoms with Gasteiger partial charge in [-0.3, -0.25) is 0 Å². The number of hydrogen-bond donors (Lipinski definition) is 2. The largest absolute Gasteiger partial charge is 0.392 e. The normalized spacial score (nSPS) is 21.0. The molecular weight excluding hydrogens is 205 g/mol. The highest BCUT2D eigenvalue weighted by Crippen LogP contribution is 2.17. The first-order valence-electron chi connectivity index (χ1n) is 5.91. The van der Waals surface area contributed by atoms with Gasteiger partial charge < -0.3 is 10.4 Å². The smallest absolute Gasteiger partial charge is 0.126 e. The average molecular weight is 223 g/mol. The number of nitrogens with one attached hydrogen (secondary N) is 1. The van der Waals surface area contributed by atoms with Crippen LogP contribution in [-0.4, -0.2) is 17.7 Å². The van der Waals surface area contributed by atoms with Crippen molar-refractivity contribution in [2.45, 2.75) is 38.3 Å². The Morgan fingerprint density at radius 2 is 2.25 bits per heavy atom. The van der Waals surface area contributed by atoms with Crippen molar-refractivity contribution >= 4 is 0 Å². The highest BCUT2D eigenvalue weighted by Gasteiger charge is 2.15. The molecule has 1 aromatic rings. The third-order valence-electron chi connectivity index (χ3n) is 3.17. The van der Waals surface area contributed by atoms with E-state index < -0.39 is 0 Å². The van der Waals surface area contributed by atoms with Crippen LogP contribution in [0, 0.1) is 5.82 Å². The fourth-order valence-corrected chi connectivity index (χ4v) is 2.25. The number of aliphatic hydroxyl groups excluding tert-OH is 1. The predicted octanol–water partition coefficient (Wildman–Crippen LogP) is 2.00. The third kappa shape index (κ3) is 2.80. The minimum absolute atomic E-state index is 0.0224. The quantitative estimate of drug-likeness (QED) is 0.821. The van der Waals surface area contributed by atoms with Crippen LogP contribution in [0.2, 0.25) is 0 Å². The summed E-state index contributed by atoms with van der Waals surface area (Å²) in [6, 6.07) is 5.24. The van der Waals surface area contributed by atoms with Crippen LogP contribution in [0.5, 0.6) is 0 Å². The molecule has 16 heavy (non-hydrogen) atoms. The molecule has 3 heteroatoms. The molecule has 0 spiro atoms. The number of halogens is 1. The van der Waals surface area contributed by atoms with Crippen molar-refractivity contribution in [3.63, 3.8) is 0 Å². The second-order valence-corrected chi connectivity index (χ2v) is 4.43. The molecule has 1 aliphatic heterocycles. The fraction of sp³-hybridized carbons (Fsp3) is 0.538. The highest BCUT2D eigenvalue weighted by molar-refractivity contribution is 5.25.